The van der Waals surface area contributed by atoms with E-state index in [-0.39, 0.29) is 10.4 Å². The van der Waals surface area contributed by atoms with Crippen LogP contribution < -0.4 is 0 Å². The molecule has 0 fully saturated rings. The number of hydrogen-bond donors (Lipinski definition) is 0. The molecule has 0 unspecified atom stereocenters. The van der Waals surface area contributed by atoms with Crippen molar-refractivity contribution in [3.8, 4) is 0 Å². The van der Waals surface area contributed by atoms with Gasteiger partial charge in [-0.25, -0.2) is 9.78 Å². The monoisotopic (exact) mass is 229 g/mol. The predicted molar refractivity (Wildman–Crippen MR) is 59.1 cm³/mol. The minimum atomic E-state index is -0.427. The van der Waals surface area contributed by atoms with Crippen molar-refractivity contribution < 1.29 is 13.9 Å². The van der Waals surface area contributed by atoms with Crippen molar-refractivity contribution in [2.24, 2.45) is 0 Å². The molecule has 0 spiro atoms. The largest absolute Gasteiger partial charge is 0.459 e. The van der Waals surface area contributed by atoms with E-state index in [9.17, 15) is 4.79 Å². The molecular formula is C10H15NO3S. The second-order valence-electron chi connectivity index (χ2n) is 3.80. The number of esters is 1. The van der Waals surface area contributed by atoms with Gasteiger partial charge in [-0.1, -0.05) is 0 Å². The summed E-state index contributed by atoms with van der Waals surface area (Å²) >= 11 is 1.65. The molecule has 0 saturated heterocycles. The normalized spacial score (nSPS) is 11.5. The van der Waals surface area contributed by atoms with Crippen LogP contribution in [0.4, 0.5) is 0 Å². The zero-order valence-corrected chi connectivity index (χ0v) is 10.2. The van der Waals surface area contributed by atoms with Gasteiger partial charge in [-0.2, -0.15) is 11.8 Å². The molecule has 4 nitrogen and oxygen atoms in total. The van der Waals surface area contributed by atoms with Crippen LogP contribution in [-0.4, -0.2) is 28.6 Å². The molecule has 1 aromatic rings. The van der Waals surface area contributed by atoms with Crippen molar-refractivity contribution in [2.75, 3.05) is 12.9 Å². The number of ether oxygens (including phenoxy) is 1. The van der Waals surface area contributed by atoms with Gasteiger partial charge in [0, 0.05) is 4.75 Å². The lowest BCUT2D eigenvalue weighted by molar-refractivity contribution is 0.0470. The summed E-state index contributed by atoms with van der Waals surface area (Å²) in [6.07, 6.45) is 3.22. The number of aromatic nitrogens is 1. The Morgan fingerprint density at radius 3 is 2.80 bits per heavy atom. The van der Waals surface area contributed by atoms with Gasteiger partial charge in [-0.15, -0.1) is 0 Å². The third-order valence-electron chi connectivity index (χ3n) is 2.04. The van der Waals surface area contributed by atoms with Gasteiger partial charge in [0.05, 0.1) is 0 Å². The first-order chi connectivity index (χ1) is 6.96. The van der Waals surface area contributed by atoms with Crippen molar-refractivity contribution in [2.45, 2.75) is 25.5 Å². The number of thioether (sulfide) groups is 1. The number of nitrogens with zero attached hydrogens (tertiary/aromatic N) is 1. The van der Waals surface area contributed by atoms with Gasteiger partial charge in [0.2, 0.25) is 0 Å². The van der Waals surface area contributed by atoms with E-state index in [2.05, 4.69) is 4.98 Å². The second kappa shape index (κ2) is 4.70. The van der Waals surface area contributed by atoms with Crippen molar-refractivity contribution in [1.29, 1.82) is 0 Å². The van der Waals surface area contributed by atoms with Crippen molar-refractivity contribution in [3.05, 3.63) is 17.8 Å². The average molecular weight is 229 g/mol. The van der Waals surface area contributed by atoms with Crippen LogP contribution in [0.2, 0.25) is 0 Å². The molecule has 1 aromatic heterocycles. The molecule has 0 radical (unpaired) electrons. The van der Waals surface area contributed by atoms with Crippen molar-refractivity contribution >= 4 is 17.7 Å². The van der Waals surface area contributed by atoms with Crippen LogP contribution in [0, 0.1) is 6.92 Å². The van der Waals surface area contributed by atoms with E-state index in [4.69, 9.17) is 9.15 Å². The van der Waals surface area contributed by atoms with Crippen LogP contribution in [-0.2, 0) is 4.74 Å². The summed E-state index contributed by atoms with van der Waals surface area (Å²) in [7, 11) is 0. The molecule has 0 aromatic carbocycles. The minimum Gasteiger partial charge on any atom is -0.459 e. The van der Waals surface area contributed by atoms with Crippen LogP contribution in [0.5, 0.6) is 0 Å². The maximum absolute atomic E-state index is 11.5. The van der Waals surface area contributed by atoms with Gasteiger partial charge in [0.1, 0.15) is 12.4 Å². The Kier molecular flexibility index (Phi) is 3.79. The molecule has 0 amide bonds. The summed E-state index contributed by atoms with van der Waals surface area (Å²) in [4.78, 5) is 15.3. The smallest absolute Gasteiger partial charge is 0.360 e. The number of carbonyl (C=O) groups is 1. The first kappa shape index (κ1) is 12.1. The Bertz CT molecular complexity index is 346. The quantitative estimate of drug-likeness (QED) is 0.741. The molecule has 84 valence electrons. The van der Waals surface area contributed by atoms with Gasteiger partial charge < -0.3 is 9.15 Å². The number of carbonyl (C=O) groups excluding carboxylic acids is 1. The maximum Gasteiger partial charge on any atom is 0.360 e. The summed E-state index contributed by atoms with van der Waals surface area (Å²) in [5.41, 5.74) is 0.256. The highest BCUT2D eigenvalue weighted by molar-refractivity contribution is 7.99. The van der Waals surface area contributed by atoms with Crippen LogP contribution in [0.25, 0.3) is 0 Å². The minimum absolute atomic E-state index is 0.0761. The van der Waals surface area contributed by atoms with Crippen LogP contribution in [0.15, 0.2) is 10.8 Å². The lowest BCUT2D eigenvalue weighted by Gasteiger charge is -2.20. The molecule has 0 bridgehead atoms. The van der Waals surface area contributed by atoms with Crippen LogP contribution in [0.1, 0.15) is 30.1 Å². The van der Waals surface area contributed by atoms with Gasteiger partial charge in [-0.05, 0) is 27.0 Å². The van der Waals surface area contributed by atoms with Crippen LogP contribution in [0.3, 0.4) is 0 Å². The Labute approximate surface area is 93.4 Å². The Morgan fingerprint density at radius 2 is 2.33 bits per heavy atom. The highest BCUT2D eigenvalue weighted by Gasteiger charge is 2.21. The van der Waals surface area contributed by atoms with Crippen LogP contribution >= 0.6 is 11.8 Å². The molecule has 0 aliphatic rings. The molecular weight excluding hydrogens is 214 g/mol. The molecule has 0 aliphatic heterocycles. The second-order valence-corrected chi connectivity index (χ2v) is 5.31. The number of oxazole rings is 1. The summed E-state index contributed by atoms with van der Waals surface area (Å²) in [6.45, 7) is 6.07. The maximum atomic E-state index is 11.5. The number of aryl methyl sites for hydroxylation is 1. The summed E-state index contributed by atoms with van der Waals surface area (Å²) in [5, 5.41) is 0. The standard InChI is InChI=1S/C10H15NO3S/c1-7-8(11-6-14-7)9(12)13-5-10(2,3)15-4/h6H,5H2,1-4H3. The van der Waals surface area contributed by atoms with E-state index >= 15 is 0 Å². The van der Waals surface area contributed by atoms with E-state index in [1.807, 2.05) is 20.1 Å². The zero-order valence-electron chi connectivity index (χ0n) is 9.36. The topological polar surface area (TPSA) is 52.3 Å². The van der Waals surface area contributed by atoms with Gasteiger partial charge in [-0.3, -0.25) is 0 Å². The fourth-order valence-electron chi connectivity index (χ4n) is 0.868. The first-order valence-corrected chi connectivity index (χ1v) is 5.81. The predicted octanol–water partition coefficient (Wildman–Crippen LogP) is 2.28. The van der Waals surface area contributed by atoms with Gasteiger partial charge in [0.25, 0.3) is 0 Å². The third kappa shape index (κ3) is 3.27. The summed E-state index contributed by atoms with van der Waals surface area (Å²) < 4.78 is 9.99. The van der Waals surface area contributed by atoms with E-state index in [0.29, 0.717) is 12.4 Å². The molecule has 5 heteroatoms. The molecule has 0 atom stereocenters. The van der Waals surface area contributed by atoms with Gasteiger partial charge >= 0.3 is 5.97 Å². The van der Waals surface area contributed by atoms with E-state index in [0.717, 1.165) is 0 Å². The Balaban J connectivity index is 2.55. The SMILES string of the molecule is CSC(C)(C)COC(=O)c1ncoc1C. The molecule has 1 heterocycles. The van der Waals surface area contributed by atoms with E-state index < -0.39 is 5.97 Å². The first-order valence-electron chi connectivity index (χ1n) is 4.58. The van der Waals surface area contributed by atoms with Gasteiger partial charge in [0.15, 0.2) is 12.1 Å². The molecule has 0 saturated carbocycles. The lowest BCUT2D eigenvalue weighted by atomic mass is 10.2. The van der Waals surface area contributed by atoms with E-state index in [1.165, 1.54) is 6.39 Å². The van der Waals surface area contributed by atoms with Crippen molar-refractivity contribution in [1.82, 2.24) is 4.98 Å². The molecule has 0 aliphatic carbocycles. The molecule has 1 rings (SSSR count). The third-order valence-corrected chi connectivity index (χ3v) is 3.26. The highest BCUT2D eigenvalue weighted by Crippen LogP contribution is 2.21. The fraction of sp³-hybridized carbons (Fsp3) is 0.600. The van der Waals surface area contributed by atoms with Crippen molar-refractivity contribution in [3.63, 3.8) is 0 Å². The molecule has 0 N–H and O–H groups in total. The highest BCUT2D eigenvalue weighted by atomic mass is 32.2. The fourth-order valence-corrected chi connectivity index (χ4v) is 1.04. The Hall–Kier alpha value is -0.970. The summed E-state index contributed by atoms with van der Waals surface area (Å²) in [5.74, 6) is 0.0605. The number of rotatable bonds is 4. The van der Waals surface area contributed by atoms with E-state index in [1.54, 1.807) is 18.7 Å². The number of hydrogen-bond acceptors (Lipinski definition) is 5. The summed E-state index contributed by atoms with van der Waals surface area (Å²) in [6, 6.07) is 0. The average Bonchev–Trinajstić information content (AvgIpc) is 2.61. The Morgan fingerprint density at radius 1 is 1.67 bits per heavy atom. The molecule has 15 heavy (non-hydrogen) atoms. The lowest BCUT2D eigenvalue weighted by Crippen LogP contribution is -2.24. The zero-order chi connectivity index (χ0) is 11.5.